The first-order valence-corrected chi connectivity index (χ1v) is 8.11. The molecule has 0 saturated heterocycles. The summed E-state index contributed by atoms with van der Waals surface area (Å²) in [6.45, 7) is 3.34. The number of amidine groups is 1. The van der Waals surface area contributed by atoms with Gasteiger partial charge in [-0.25, -0.2) is 0 Å². The molecular weight excluding hydrogens is 228 g/mol. The topological polar surface area (TPSA) is 24.4 Å². The van der Waals surface area contributed by atoms with Gasteiger partial charge in [-0.15, -0.1) is 0 Å². The third-order valence-electron chi connectivity index (χ3n) is 4.78. The first kappa shape index (κ1) is 11.9. The van der Waals surface area contributed by atoms with Crippen molar-refractivity contribution in [3.63, 3.8) is 0 Å². The van der Waals surface area contributed by atoms with Crippen LogP contribution in [0.25, 0.3) is 0 Å². The van der Waals surface area contributed by atoms with Crippen LogP contribution in [-0.2, 0) is 0 Å². The summed E-state index contributed by atoms with van der Waals surface area (Å²) in [5.41, 5.74) is 0.738. The Morgan fingerprint density at radius 1 is 1.24 bits per heavy atom. The largest absolute Gasteiger partial charge is 0.362 e. The monoisotopic (exact) mass is 252 g/mol. The zero-order chi connectivity index (χ0) is 11.7. The van der Waals surface area contributed by atoms with E-state index in [4.69, 9.17) is 0 Å². The molecule has 2 aliphatic carbocycles. The van der Waals surface area contributed by atoms with Crippen LogP contribution in [0.3, 0.4) is 0 Å². The van der Waals surface area contributed by atoms with E-state index in [1.165, 1.54) is 56.5 Å². The fourth-order valence-corrected chi connectivity index (χ4v) is 4.60. The van der Waals surface area contributed by atoms with E-state index < -0.39 is 0 Å². The van der Waals surface area contributed by atoms with Gasteiger partial charge in [0, 0.05) is 17.8 Å². The Labute approximate surface area is 109 Å². The van der Waals surface area contributed by atoms with Gasteiger partial charge in [-0.1, -0.05) is 31.5 Å². The summed E-state index contributed by atoms with van der Waals surface area (Å²) in [4.78, 5) is 4.63. The first-order valence-electron chi connectivity index (χ1n) is 7.23. The van der Waals surface area contributed by atoms with Crippen LogP contribution >= 0.6 is 11.8 Å². The third kappa shape index (κ3) is 2.64. The summed E-state index contributed by atoms with van der Waals surface area (Å²) in [5.74, 6) is 0. The second kappa shape index (κ2) is 4.83. The van der Waals surface area contributed by atoms with Crippen LogP contribution in [0.4, 0.5) is 0 Å². The molecule has 0 aromatic carbocycles. The van der Waals surface area contributed by atoms with Crippen molar-refractivity contribution in [2.24, 2.45) is 10.4 Å². The summed E-state index contributed by atoms with van der Waals surface area (Å²) < 4.78 is 0. The predicted molar refractivity (Wildman–Crippen MR) is 75.6 cm³/mol. The van der Waals surface area contributed by atoms with Crippen molar-refractivity contribution in [2.45, 2.75) is 69.6 Å². The SMILES string of the molecule is CC1CCN=C(NC2CCCC3(CCC3)C2)S1. The Hall–Kier alpha value is -0.180. The van der Waals surface area contributed by atoms with Gasteiger partial charge in [-0.2, -0.15) is 0 Å². The van der Waals surface area contributed by atoms with Crippen molar-refractivity contribution in [3.05, 3.63) is 0 Å². The van der Waals surface area contributed by atoms with Crippen LogP contribution < -0.4 is 5.32 Å². The molecule has 0 aromatic heterocycles. The molecule has 17 heavy (non-hydrogen) atoms. The molecule has 3 aliphatic rings. The Balaban J connectivity index is 1.56. The Kier molecular flexibility index (Phi) is 3.38. The number of thioether (sulfide) groups is 1. The van der Waals surface area contributed by atoms with E-state index in [-0.39, 0.29) is 0 Å². The number of aliphatic imine (C=N–C) groups is 1. The van der Waals surface area contributed by atoms with E-state index in [1.54, 1.807) is 0 Å². The molecule has 3 heteroatoms. The quantitative estimate of drug-likeness (QED) is 0.771. The maximum absolute atomic E-state index is 4.63. The molecule has 2 atom stereocenters. The lowest BCUT2D eigenvalue weighted by Gasteiger charge is -2.48. The van der Waals surface area contributed by atoms with Crippen LogP contribution in [0.15, 0.2) is 4.99 Å². The molecule has 0 amide bonds. The third-order valence-corrected chi connectivity index (χ3v) is 5.89. The predicted octanol–water partition coefficient (Wildman–Crippen LogP) is 3.57. The minimum absolute atomic E-state index is 0.709. The molecular formula is C14H24N2S. The molecule has 1 spiro atoms. The maximum atomic E-state index is 4.63. The molecule has 0 bridgehead atoms. The van der Waals surface area contributed by atoms with Crippen LogP contribution in [0.2, 0.25) is 0 Å². The highest BCUT2D eigenvalue weighted by Crippen LogP contribution is 2.51. The zero-order valence-electron chi connectivity index (χ0n) is 10.9. The highest BCUT2D eigenvalue weighted by molar-refractivity contribution is 8.14. The molecule has 2 nitrogen and oxygen atoms in total. The van der Waals surface area contributed by atoms with Gasteiger partial charge in [-0.05, 0) is 43.9 Å². The maximum Gasteiger partial charge on any atom is 0.157 e. The van der Waals surface area contributed by atoms with Crippen molar-refractivity contribution in [1.29, 1.82) is 0 Å². The lowest BCUT2D eigenvalue weighted by molar-refractivity contribution is 0.0631. The summed E-state index contributed by atoms with van der Waals surface area (Å²) in [6.07, 6.45) is 11.4. The number of nitrogens with one attached hydrogen (secondary N) is 1. The number of hydrogen-bond acceptors (Lipinski definition) is 3. The van der Waals surface area contributed by atoms with Crippen LogP contribution in [-0.4, -0.2) is 23.0 Å². The highest BCUT2D eigenvalue weighted by Gasteiger charge is 2.41. The zero-order valence-corrected chi connectivity index (χ0v) is 11.7. The van der Waals surface area contributed by atoms with Crippen molar-refractivity contribution >= 4 is 16.9 Å². The molecule has 1 aliphatic heterocycles. The minimum atomic E-state index is 0.709. The normalized spacial score (nSPS) is 36.2. The van der Waals surface area contributed by atoms with Gasteiger partial charge in [0.15, 0.2) is 5.17 Å². The van der Waals surface area contributed by atoms with Gasteiger partial charge >= 0.3 is 0 Å². The highest BCUT2D eigenvalue weighted by atomic mass is 32.2. The molecule has 96 valence electrons. The molecule has 2 unspecified atom stereocenters. The molecule has 3 rings (SSSR count). The molecule has 1 N–H and O–H groups in total. The first-order chi connectivity index (χ1) is 8.26. The van der Waals surface area contributed by atoms with E-state index >= 15 is 0 Å². The van der Waals surface area contributed by atoms with E-state index in [0.717, 1.165) is 17.2 Å². The fraction of sp³-hybridized carbons (Fsp3) is 0.929. The van der Waals surface area contributed by atoms with Crippen molar-refractivity contribution < 1.29 is 0 Å². The molecule has 0 aromatic rings. The number of nitrogens with zero attached hydrogens (tertiary/aromatic N) is 1. The number of hydrogen-bond donors (Lipinski definition) is 1. The summed E-state index contributed by atoms with van der Waals surface area (Å²) in [6, 6.07) is 0.709. The van der Waals surface area contributed by atoms with Crippen LogP contribution in [0, 0.1) is 5.41 Å². The summed E-state index contributed by atoms with van der Waals surface area (Å²) in [5, 5.41) is 5.70. The molecule has 0 radical (unpaired) electrons. The Morgan fingerprint density at radius 2 is 2.06 bits per heavy atom. The van der Waals surface area contributed by atoms with Gasteiger partial charge in [0.2, 0.25) is 0 Å². The van der Waals surface area contributed by atoms with Gasteiger partial charge in [-0.3, -0.25) is 4.99 Å². The van der Waals surface area contributed by atoms with Crippen LogP contribution in [0.1, 0.15) is 58.3 Å². The average molecular weight is 252 g/mol. The van der Waals surface area contributed by atoms with Crippen molar-refractivity contribution in [3.8, 4) is 0 Å². The fourth-order valence-electron chi connectivity index (χ4n) is 3.59. The Morgan fingerprint density at radius 3 is 2.76 bits per heavy atom. The lowest BCUT2D eigenvalue weighted by Crippen LogP contribution is -2.45. The smallest absolute Gasteiger partial charge is 0.157 e. The van der Waals surface area contributed by atoms with Crippen molar-refractivity contribution in [1.82, 2.24) is 5.32 Å². The second-order valence-electron chi connectivity index (χ2n) is 6.20. The van der Waals surface area contributed by atoms with Gasteiger partial charge in [0.05, 0.1) is 0 Å². The minimum Gasteiger partial charge on any atom is -0.362 e. The lowest BCUT2D eigenvalue weighted by atomic mass is 9.60. The van der Waals surface area contributed by atoms with E-state index in [9.17, 15) is 0 Å². The standard InChI is InChI=1S/C14H24N2S/c1-11-5-9-15-13(17-11)16-12-4-2-6-14(10-12)7-3-8-14/h11-12H,2-10H2,1H3,(H,15,16). The van der Waals surface area contributed by atoms with Crippen molar-refractivity contribution in [2.75, 3.05) is 6.54 Å². The molecule has 2 fully saturated rings. The molecule has 1 heterocycles. The van der Waals surface area contributed by atoms with E-state index in [1.807, 2.05) is 11.8 Å². The second-order valence-corrected chi connectivity index (χ2v) is 7.62. The molecule has 2 saturated carbocycles. The summed E-state index contributed by atoms with van der Waals surface area (Å²) in [7, 11) is 0. The van der Waals surface area contributed by atoms with Gasteiger partial charge < -0.3 is 5.32 Å². The Bertz CT molecular complexity index is 309. The van der Waals surface area contributed by atoms with E-state index in [0.29, 0.717) is 6.04 Å². The van der Waals surface area contributed by atoms with Gasteiger partial charge in [0.1, 0.15) is 0 Å². The van der Waals surface area contributed by atoms with Crippen LogP contribution in [0.5, 0.6) is 0 Å². The van der Waals surface area contributed by atoms with Gasteiger partial charge in [0.25, 0.3) is 0 Å². The summed E-state index contributed by atoms with van der Waals surface area (Å²) >= 11 is 1.94. The average Bonchev–Trinajstić information content (AvgIpc) is 2.27. The number of rotatable bonds is 1. The van der Waals surface area contributed by atoms with E-state index in [2.05, 4.69) is 17.2 Å².